The molecule has 2 aromatic heterocycles. The molecule has 0 aliphatic heterocycles. The molecule has 26 heavy (non-hydrogen) atoms. The largest absolute Gasteiger partial charge is 0.497 e. The first-order valence-corrected chi connectivity index (χ1v) is 7.86. The second-order valence-corrected chi connectivity index (χ2v) is 5.48. The van der Waals surface area contributed by atoms with Gasteiger partial charge in [-0.25, -0.2) is 9.37 Å². The number of aromatic amines is 1. The molecule has 2 heterocycles. The van der Waals surface area contributed by atoms with Gasteiger partial charge in [0.2, 0.25) is 5.95 Å². The van der Waals surface area contributed by atoms with Crippen LogP contribution in [0.2, 0.25) is 0 Å². The minimum atomic E-state index is -0.355. The number of methoxy groups -OCH3 is 1. The Morgan fingerprint density at radius 2 is 1.96 bits per heavy atom. The normalized spacial score (nSPS) is 10.7. The Balaban J connectivity index is 1.58. The van der Waals surface area contributed by atoms with Crippen LogP contribution in [0, 0.1) is 5.82 Å². The number of hydrogen-bond donors (Lipinski definition) is 3. The highest BCUT2D eigenvalue weighted by Crippen LogP contribution is 2.25. The maximum atomic E-state index is 13.8. The average molecular weight is 350 g/mol. The summed E-state index contributed by atoms with van der Waals surface area (Å²) >= 11 is 0. The van der Waals surface area contributed by atoms with Gasteiger partial charge in [0.15, 0.2) is 5.82 Å². The number of hydrogen-bond acceptors (Lipinski definition) is 6. The fraction of sp³-hybridized carbons (Fsp3) is 0.0556. The van der Waals surface area contributed by atoms with Crippen molar-refractivity contribution in [2.24, 2.45) is 0 Å². The van der Waals surface area contributed by atoms with E-state index in [9.17, 15) is 4.39 Å². The first-order valence-electron chi connectivity index (χ1n) is 7.86. The van der Waals surface area contributed by atoms with Gasteiger partial charge in [0.05, 0.1) is 7.11 Å². The van der Waals surface area contributed by atoms with Gasteiger partial charge in [-0.05, 0) is 30.3 Å². The summed E-state index contributed by atoms with van der Waals surface area (Å²) in [6.07, 6.45) is 1.62. The third-order valence-corrected chi connectivity index (χ3v) is 3.78. The molecule has 0 aliphatic rings. The second-order valence-electron chi connectivity index (χ2n) is 5.48. The summed E-state index contributed by atoms with van der Waals surface area (Å²) in [5.41, 5.74) is 1.15. The van der Waals surface area contributed by atoms with E-state index in [4.69, 9.17) is 4.74 Å². The Bertz CT molecular complexity index is 1060. The van der Waals surface area contributed by atoms with Crippen LogP contribution in [0.1, 0.15) is 0 Å². The number of H-pyrrole nitrogens is 1. The summed E-state index contributed by atoms with van der Waals surface area (Å²) in [7, 11) is 1.61. The van der Waals surface area contributed by atoms with Crippen LogP contribution < -0.4 is 15.4 Å². The van der Waals surface area contributed by atoms with Crippen LogP contribution in [0.3, 0.4) is 0 Å². The van der Waals surface area contributed by atoms with Crippen LogP contribution in [-0.4, -0.2) is 27.3 Å². The van der Waals surface area contributed by atoms with Crippen molar-refractivity contribution in [3.05, 3.63) is 60.5 Å². The van der Waals surface area contributed by atoms with E-state index in [-0.39, 0.29) is 5.82 Å². The summed E-state index contributed by atoms with van der Waals surface area (Å²) in [5.74, 6) is 1.81. The van der Waals surface area contributed by atoms with Gasteiger partial charge < -0.3 is 15.4 Å². The molecule has 7 nitrogen and oxygen atoms in total. The molecule has 4 rings (SSSR count). The van der Waals surface area contributed by atoms with Gasteiger partial charge in [0.1, 0.15) is 22.9 Å². The minimum Gasteiger partial charge on any atom is -0.497 e. The predicted octanol–water partition coefficient (Wildman–Crippen LogP) is 3.99. The Hall–Kier alpha value is -3.68. The highest BCUT2D eigenvalue weighted by Gasteiger charge is 2.10. The van der Waals surface area contributed by atoms with E-state index in [2.05, 4.69) is 30.8 Å². The molecule has 0 saturated heterocycles. The average Bonchev–Trinajstić information content (AvgIpc) is 3.06. The maximum absolute atomic E-state index is 13.8. The molecule has 0 amide bonds. The molecular weight excluding hydrogens is 335 g/mol. The van der Waals surface area contributed by atoms with E-state index in [1.54, 1.807) is 31.5 Å². The summed E-state index contributed by atoms with van der Waals surface area (Å²) in [6, 6.07) is 13.9. The van der Waals surface area contributed by atoms with Crippen LogP contribution in [-0.2, 0) is 0 Å². The van der Waals surface area contributed by atoms with E-state index >= 15 is 0 Å². The number of nitrogens with one attached hydrogen (secondary N) is 3. The van der Waals surface area contributed by atoms with Gasteiger partial charge in [-0.3, -0.25) is 5.10 Å². The zero-order valence-corrected chi connectivity index (χ0v) is 13.8. The fourth-order valence-corrected chi connectivity index (χ4v) is 2.54. The van der Waals surface area contributed by atoms with Crippen LogP contribution in [0.5, 0.6) is 5.75 Å². The number of aromatic nitrogens is 4. The number of fused-ring (bicyclic) bond motifs is 1. The molecule has 0 fully saturated rings. The Morgan fingerprint density at radius 3 is 2.85 bits per heavy atom. The highest BCUT2D eigenvalue weighted by molar-refractivity contribution is 5.91. The summed E-state index contributed by atoms with van der Waals surface area (Å²) in [4.78, 5) is 8.61. The Morgan fingerprint density at radius 1 is 1.08 bits per heavy atom. The zero-order chi connectivity index (χ0) is 17.9. The van der Waals surface area contributed by atoms with Gasteiger partial charge in [-0.2, -0.15) is 10.1 Å². The third-order valence-electron chi connectivity index (χ3n) is 3.78. The molecule has 0 saturated carbocycles. The van der Waals surface area contributed by atoms with E-state index in [1.165, 1.54) is 6.07 Å². The number of nitrogens with zero attached hydrogens (tertiary/aromatic N) is 3. The summed E-state index contributed by atoms with van der Waals surface area (Å²) in [6.45, 7) is 0. The van der Waals surface area contributed by atoms with Gasteiger partial charge in [0.25, 0.3) is 0 Å². The fourth-order valence-electron chi connectivity index (χ4n) is 2.54. The molecule has 0 aliphatic carbocycles. The molecule has 130 valence electrons. The quantitative estimate of drug-likeness (QED) is 0.504. The molecule has 0 atom stereocenters. The molecule has 0 radical (unpaired) electrons. The van der Waals surface area contributed by atoms with Gasteiger partial charge >= 0.3 is 0 Å². The molecule has 0 unspecified atom stereocenters. The molecule has 4 aromatic rings. The molecule has 2 aromatic carbocycles. The van der Waals surface area contributed by atoms with E-state index < -0.39 is 0 Å². The van der Waals surface area contributed by atoms with E-state index in [1.807, 2.05) is 24.3 Å². The van der Waals surface area contributed by atoms with Crippen molar-refractivity contribution >= 4 is 34.2 Å². The minimum absolute atomic E-state index is 0.346. The zero-order valence-electron chi connectivity index (χ0n) is 13.8. The predicted molar refractivity (Wildman–Crippen MR) is 97.6 cm³/mol. The molecule has 3 N–H and O–H groups in total. The van der Waals surface area contributed by atoms with Crippen molar-refractivity contribution in [2.75, 3.05) is 17.7 Å². The molecule has 0 spiro atoms. The van der Waals surface area contributed by atoms with Crippen molar-refractivity contribution in [2.45, 2.75) is 0 Å². The van der Waals surface area contributed by atoms with Crippen molar-refractivity contribution < 1.29 is 9.13 Å². The third kappa shape index (κ3) is 3.12. The standard InChI is InChI=1S/C18H15FN6O/c1-26-12-5-2-4-11(10-12)21-18-20-9-8-15(23-18)22-17-13-6-3-7-14(19)16(13)24-25-17/h2-10H,1H3,(H3,20,21,22,23,24,25). The lowest BCUT2D eigenvalue weighted by atomic mass is 10.2. The van der Waals surface area contributed by atoms with Crippen molar-refractivity contribution in [3.63, 3.8) is 0 Å². The lowest BCUT2D eigenvalue weighted by molar-refractivity contribution is 0.415. The number of benzene rings is 2. The van der Waals surface area contributed by atoms with Gasteiger partial charge in [-0.15, -0.1) is 0 Å². The SMILES string of the molecule is COc1cccc(Nc2nccc(Nc3n[nH]c4c(F)cccc34)n2)c1. The first-order chi connectivity index (χ1) is 12.7. The van der Waals surface area contributed by atoms with Crippen LogP contribution in [0.15, 0.2) is 54.7 Å². The maximum Gasteiger partial charge on any atom is 0.229 e. The first kappa shape index (κ1) is 15.8. The van der Waals surface area contributed by atoms with E-state index in [0.29, 0.717) is 28.5 Å². The molecular formula is C18H15FN6O. The lowest BCUT2D eigenvalue weighted by Crippen LogP contribution is -2.01. The Kier molecular flexibility index (Phi) is 4.06. The number of anilines is 4. The van der Waals surface area contributed by atoms with Gasteiger partial charge in [0, 0.05) is 23.3 Å². The Labute approximate surface area is 148 Å². The monoisotopic (exact) mass is 350 g/mol. The smallest absolute Gasteiger partial charge is 0.229 e. The summed E-state index contributed by atoms with van der Waals surface area (Å²) < 4.78 is 19.0. The number of para-hydroxylation sites is 1. The lowest BCUT2D eigenvalue weighted by Gasteiger charge is -2.08. The topological polar surface area (TPSA) is 87.8 Å². The van der Waals surface area contributed by atoms with Crippen molar-refractivity contribution in [1.29, 1.82) is 0 Å². The number of rotatable bonds is 5. The second kappa shape index (κ2) is 6.67. The van der Waals surface area contributed by atoms with E-state index in [0.717, 1.165) is 11.4 Å². The number of ether oxygens (including phenoxy) is 1. The van der Waals surface area contributed by atoms with Gasteiger partial charge in [-0.1, -0.05) is 12.1 Å². The summed E-state index contributed by atoms with van der Waals surface area (Å²) in [5, 5.41) is 13.6. The molecule has 0 bridgehead atoms. The number of halogens is 1. The van der Waals surface area contributed by atoms with Crippen LogP contribution in [0.25, 0.3) is 10.9 Å². The molecule has 8 heteroatoms. The van der Waals surface area contributed by atoms with Crippen molar-refractivity contribution in [1.82, 2.24) is 20.2 Å². The van der Waals surface area contributed by atoms with Crippen molar-refractivity contribution in [3.8, 4) is 5.75 Å². The highest BCUT2D eigenvalue weighted by atomic mass is 19.1. The van der Waals surface area contributed by atoms with Crippen LogP contribution in [0.4, 0.5) is 27.7 Å². The van der Waals surface area contributed by atoms with Crippen LogP contribution >= 0.6 is 0 Å².